The largest absolute Gasteiger partial charge is 0.465 e. The fraction of sp³-hybridized carbons (Fsp3) is 0.455. The van der Waals surface area contributed by atoms with Crippen molar-refractivity contribution in [2.45, 2.75) is 26.3 Å². The van der Waals surface area contributed by atoms with Gasteiger partial charge in [0.15, 0.2) is 0 Å². The molecular weight excluding hydrogens is 238 g/mol. The third-order valence-corrected chi connectivity index (χ3v) is 3.53. The lowest BCUT2D eigenvalue weighted by molar-refractivity contribution is 0.0607. The molecule has 0 fully saturated rings. The molecule has 17 heavy (non-hydrogen) atoms. The van der Waals surface area contributed by atoms with Crippen LogP contribution < -0.4 is 11.1 Å². The van der Waals surface area contributed by atoms with Gasteiger partial charge < -0.3 is 15.8 Å². The number of nitrogens with two attached hydrogens (primary N) is 1. The van der Waals surface area contributed by atoms with Gasteiger partial charge in [-0.05, 0) is 13.3 Å². The number of ether oxygens (including phenoxy) is 1. The molecule has 0 aliphatic rings. The van der Waals surface area contributed by atoms with Crippen LogP contribution in [0.15, 0.2) is 0 Å². The fourth-order valence-electron chi connectivity index (χ4n) is 1.23. The Morgan fingerprint density at radius 2 is 2.35 bits per heavy atom. The number of rotatable bonds is 4. The highest BCUT2D eigenvalue weighted by Gasteiger charge is 2.22. The molecular formula is C11H15N3O2S. The van der Waals surface area contributed by atoms with Crippen molar-refractivity contribution in [1.82, 2.24) is 0 Å². The molecule has 1 heterocycles. The van der Waals surface area contributed by atoms with Crippen molar-refractivity contribution in [3.8, 4) is 6.07 Å². The van der Waals surface area contributed by atoms with E-state index in [9.17, 15) is 4.79 Å². The lowest BCUT2D eigenvalue weighted by Crippen LogP contribution is -2.13. The number of nitrogens with zero attached hydrogens (tertiary/aromatic N) is 1. The summed E-state index contributed by atoms with van der Waals surface area (Å²) in [4.78, 5) is 11.7. The van der Waals surface area contributed by atoms with E-state index in [2.05, 4.69) is 10.1 Å². The molecule has 1 aromatic heterocycles. The zero-order valence-corrected chi connectivity index (χ0v) is 10.9. The van der Waals surface area contributed by atoms with Gasteiger partial charge in [0, 0.05) is 6.04 Å². The maximum absolute atomic E-state index is 11.4. The van der Waals surface area contributed by atoms with Gasteiger partial charge in [-0.15, -0.1) is 11.3 Å². The summed E-state index contributed by atoms with van der Waals surface area (Å²) in [5.41, 5.74) is 6.26. The highest BCUT2D eigenvalue weighted by atomic mass is 32.1. The van der Waals surface area contributed by atoms with Crippen molar-refractivity contribution in [2.75, 3.05) is 18.2 Å². The second-order valence-electron chi connectivity index (χ2n) is 3.61. The standard InChI is InChI=1S/C11H15N3O2S/c1-4-6(2)14-10-7(5-12)8(13)9(17-10)11(15)16-3/h6,14H,4,13H2,1-3H3. The Morgan fingerprint density at radius 1 is 1.71 bits per heavy atom. The number of nitriles is 1. The first-order valence-corrected chi connectivity index (χ1v) is 6.03. The van der Waals surface area contributed by atoms with Gasteiger partial charge in [0.1, 0.15) is 21.5 Å². The minimum atomic E-state index is -0.513. The maximum Gasteiger partial charge on any atom is 0.350 e. The van der Waals surface area contributed by atoms with Crippen LogP contribution in [0.3, 0.4) is 0 Å². The monoisotopic (exact) mass is 253 g/mol. The van der Waals surface area contributed by atoms with Crippen molar-refractivity contribution < 1.29 is 9.53 Å². The summed E-state index contributed by atoms with van der Waals surface area (Å²) >= 11 is 1.15. The second-order valence-corrected chi connectivity index (χ2v) is 4.63. The van der Waals surface area contributed by atoms with Crippen LogP contribution in [0.2, 0.25) is 0 Å². The minimum absolute atomic E-state index is 0.190. The normalized spacial score (nSPS) is 11.6. The summed E-state index contributed by atoms with van der Waals surface area (Å²) < 4.78 is 4.62. The molecule has 1 unspecified atom stereocenters. The van der Waals surface area contributed by atoms with Crippen LogP contribution in [-0.4, -0.2) is 19.1 Å². The molecule has 1 rings (SSSR count). The molecule has 0 aliphatic carbocycles. The molecule has 1 aromatic rings. The second kappa shape index (κ2) is 5.55. The molecule has 0 saturated heterocycles. The topological polar surface area (TPSA) is 88.1 Å². The van der Waals surface area contributed by atoms with E-state index >= 15 is 0 Å². The summed E-state index contributed by atoms with van der Waals surface area (Å²) in [7, 11) is 1.29. The van der Waals surface area contributed by atoms with Crippen molar-refractivity contribution in [1.29, 1.82) is 5.26 Å². The van der Waals surface area contributed by atoms with E-state index in [0.717, 1.165) is 17.8 Å². The number of hydrogen-bond acceptors (Lipinski definition) is 6. The third kappa shape index (κ3) is 2.68. The van der Waals surface area contributed by atoms with Crippen molar-refractivity contribution in [2.24, 2.45) is 0 Å². The summed E-state index contributed by atoms with van der Waals surface area (Å²) in [6, 6.07) is 2.22. The van der Waals surface area contributed by atoms with E-state index in [4.69, 9.17) is 11.0 Å². The molecule has 0 radical (unpaired) electrons. The van der Waals surface area contributed by atoms with Crippen LogP contribution in [-0.2, 0) is 4.74 Å². The van der Waals surface area contributed by atoms with Crippen molar-refractivity contribution in [3.63, 3.8) is 0 Å². The Balaban J connectivity index is 3.15. The average Bonchev–Trinajstić information content (AvgIpc) is 2.64. The lowest BCUT2D eigenvalue weighted by atomic mass is 10.2. The van der Waals surface area contributed by atoms with E-state index in [1.54, 1.807) is 0 Å². The van der Waals surface area contributed by atoms with Gasteiger partial charge in [0.2, 0.25) is 0 Å². The number of anilines is 2. The van der Waals surface area contributed by atoms with E-state index < -0.39 is 5.97 Å². The number of carbonyl (C=O) groups excluding carboxylic acids is 1. The predicted octanol–water partition coefficient (Wildman–Crippen LogP) is 2.20. The molecule has 1 atom stereocenters. The number of methoxy groups -OCH3 is 1. The molecule has 0 spiro atoms. The summed E-state index contributed by atoms with van der Waals surface area (Å²) in [6.07, 6.45) is 0.913. The third-order valence-electron chi connectivity index (χ3n) is 2.42. The molecule has 0 aromatic carbocycles. The van der Waals surface area contributed by atoms with Gasteiger partial charge in [-0.1, -0.05) is 6.92 Å². The summed E-state index contributed by atoms with van der Waals surface area (Å²) in [5.74, 6) is -0.513. The van der Waals surface area contributed by atoms with Crippen LogP contribution in [0.4, 0.5) is 10.7 Å². The molecule has 92 valence electrons. The lowest BCUT2D eigenvalue weighted by Gasteiger charge is -2.10. The van der Waals surface area contributed by atoms with Crippen LogP contribution in [0.5, 0.6) is 0 Å². The van der Waals surface area contributed by atoms with Crippen molar-refractivity contribution in [3.05, 3.63) is 10.4 Å². The Bertz CT molecular complexity index is 462. The predicted molar refractivity (Wildman–Crippen MR) is 68.2 cm³/mol. The highest BCUT2D eigenvalue weighted by molar-refractivity contribution is 7.18. The number of nitrogens with one attached hydrogen (secondary N) is 1. The van der Waals surface area contributed by atoms with Gasteiger partial charge in [-0.25, -0.2) is 4.79 Å². The minimum Gasteiger partial charge on any atom is -0.465 e. The van der Waals surface area contributed by atoms with Gasteiger partial charge in [0.05, 0.1) is 12.8 Å². The molecule has 0 amide bonds. The number of carbonyl (C=O) groups is 1. The molecule has 3 N–H and O–H groups in total. The van der Waals surface area contributed by atoms with Gasteiger partial charge >= 0.3 is 5.97 Å². The molecule has 0 aliphatic heterocycles. The summed E-state index contributed by atoms with van der Waals surface area (Å²) in [5, 5.41) is 12.8. The first-order chi connectivity index (χ1) is 8.04. The molecule has 6 heteroatoms. The number of nitrogen functional groups attached to an aromatic ring is 1. The van der Waals surface area contributed by atoms with Crippen LogP contribution >= 0.6 is 11.3 Å². The highest BCUT2D eigenvalue weighted by Crippen LogP contribution is 2.36. The van der Waals surface area contributed by atoms with Crippen LogP contribution in [0.1, 0.15) is 35.5 Å². The first-order valence-electron chi connectivity index (χ1n) is 5.22. The van der Waals surface area contributed by atoms with E-state index in [-0.39, 0.29) is 16.6 Å². The molecule has 0 bridgehead atoms. The zero-order valence-electron chi connectivity index (χ0n) is 10.0. The zero-order chi connectivity index (χ0) is 13.0. The molecule has 5 nitrogen and oxygen atoms in total. The fourth-order valence-corrected chi connectivity index (χ4v) is 2.33. The average molecular weight is 253 g/mol. The SMILES string of the molecule is CCC(C)Nc1sc(C(=O)OC)c(N)c1C#N. The van der Waals surface area contributed by atoms with Crippen molar-refractivity contribution >= 4 is 28.0 Å². The Morgan fingerprint density at radius 3 is 2.82 bits per heavy atom. The van der Waals surface area contributed by atoms with E-state index in [1.165, 1.54) is 7.11 Å². The van der Waals surface area contributed by atoms with E-state index in [0.29, 0.717) is 10.6 Å². The smallest absolute Gasteiger partial charge is 0.350 e. The Hall–Kier alpha value is -1.74. The van der Waals surface area contributed by atoms with Crippen LogP contribution in [0.25, 0.3) is 0 Å². The Kier molecular flexibility index (Phi) is 4.35. The number of thiophene rings is 1. The van der Waals surface area contributed by atoms with E-state index in [1.807, 2.05) is 19.9 Å². The molecule has 0 saturated carbocycles. The van der Waals surface area contributed by atoms with Crippen LogP contribution in [0, 0.1) is 11.3 Å². The first kappa shape index (κ1) is 13.3. The maximum atomic E-state index is 11.4. The van der Waals surface area contributed by atoms with Gasteiger partial charge in [0.25, 0.3) is 0 Å². The number of hydrogen-bond donors (Lipinski definition) is 2. The number of esters is 1. The Labute approximate surface area is 104 Å². The van der Waals surface area contributed by atoms with Gasteiger partial charge in [-0.3, -0.25) is 0 Å². The summed E-state index contributed by atoms with van der Waals surface area (Å²) in [6.45, 7) is 4.02. The quantitative estimate of drug-likeness (QED) is 0.803. The van der Waals surface area contributed by atoms with Gasteiger partial charge in [-0.2, -0.15) is 5.26 Å².